The molecule has 0 aliphatic rings. The van der Waals surface area contributed by atoms with Crippen LogP contribution in [0, 0.1) is 5.82 Å². The van der Waals surface area contributed by atoms with Crippen molar-refractivity contribution in [2.75, 3.05) is 13.0 Å². The molecule has 0 saturated heterocycles. The number of methoxy groups -OCH3 is 1. The van der Waals surface area contributed by atoms with E-state index in [-0.39, 0.29) is 17.1 Å². The molecular weight excluding hydrogens is 253 g/mol. The van der Waals surface area contributed by atoms with E-state index in [1.165, 1.54) is 7.11 Å². The van der Waals surface area contributed by atoms with Crippen LogP contribution in [0.25, 0.3) is 0 Å². The van der Waals surface area contributed by atoms with Gasteiger partial charge >= 0.3 is 0 Å². The topological polar surface area (TPSA) is 21.3 Å². The van der Waals surface area contributed by atoms with Crippen molar-refractivity contribution in [3.63, 3.8) is 0 Å². The number of benzene rings is 1. The van der Waals surface area contributed by atoms with E-state index >= 15 is 0 Å². The third-order valence-corrected chi connectivity index (χ3v) is 3.58. The van der Waals surface area contributed by atoms with Gasteiger partial charge in [-0.1, -0.05) is 19.1 Å². The van der Waals surface area contributed by atoms with Crippen molar-refractivity contribution in [1.29, 1.82) is 0 Å². The summed E-state index contributed by atoms with van der Waals surface area (Å²) in [6, 6.07) is 5.18. The first kappa shape index (κ1) is 15.3. The Bertz CT molecular complexity index is 386. The van der Waals surface area contributed by atoms with Gasteiger partial charge in [-0.15, -0.1) is 11.6 Å². The second-order valence-corrected chi connectivity index (χ2v) is 5.02. The van der Waals surface area contributed by atoms with Crippen LogP contribution in [0.5, 0.6) is 5.75 Å². The number of nitrogens with one attached hydrogen (secondary N) is 1. The predicted molar refractivity (Wildman–Crippen MR) is 73.8 cm³/mol. The SMILES string of the molecule is CCC(C)(CCCl)NCc1cccc(OC)c1F. The van der Waals surface area contributed by atoms with Gasteiger partial charge in [-0.2, -0.15) is 0 Å². The van der Waals surface area contributed by atoms with E-state index in [9.17, 15) is 4.39 Å². The van der Waals surface area contributed by atoms with Gasteiger partial charge in [0, 0.05) is 23.5 Å². The quantitative estimate of drug-likeness (QED) is 0.765. The summed E-state index contributed by atoms with van der Waals surface area (Å²) < 4.78 is 18.9. The normalized spacial score (nSPS) is 14.3. The average Bonchev–Trinajstić information content (AvgIpc) is 2.38. The third-order valence-electron chi connectivity index (χ3n) is 3.40. The van der Waals surface area contributed by atoms with E-state index in [0.29, 0.717) is 18.0 Å². The average molecular weight is 274 g/mol. The molecule has 0 spiro atoms. The molecule has 0 bridgehead atoms. The minimum atomic E-state index is -0.295. The predicted octanol–water partition coefficient (Wildman–Crippen LogP) is 3.72. The van der Waals surface area contributed by atoms with Crippen molar-refractivity contribution < 1.29 is 9.13 Å². The zero-order valence-corrected chi connectivity index (χ0v) is 12.0. The van der Waals surface area contributed by atoms with E-state index in [4.69, 9.17) is 16.3 Å². The fraction of sp³-hybridized carbons (Fsp3) is 0.571. The third kappa shape index (κ3) is 3.85. The summed E-state index contributed by atoms with van der Waals surface area (Å²) in [5, 5.41) is 3.38. The maximum absolute atomic E-state index is 13.9. The zero-order valence-electron chi connectivity index (χ0n) is 11.2. The minimum absolute atomic E-state index is 0.0583. The van der Waals surface area contributed by atoms with Crippen LogP contribution in [-0.4, -0.2) is 18.5 Å². The summed E-state index contributed by atoms with van der Waals surface area (Å²) in [5.41, 5.74) is 0.556. The smallest absolute Gasteiger partial charge is 0.169 e. The highest BCUT2D eigenvalue weighted by Crippen LogP contribution is 2.22. The van der Waals surface area contributed by atoms with Crippen LogP contribution in [-0.2, 0) is 6.54 Å². The van der Waals surface area contributed by atoms with E-state index in [1.54, 1.807) is 18.2 Å². The number of ether oxygens (including phenoxy) is 1. The number of halogens is 2. The Labute approximate surface area is 113 Å². The van der Waals surface area contributed by atoms with Crippen molar-refractivity contribution in [2.45, 2.75) is 38.8 Å². The van der Waals surface area contributed by atoms with Gasteiger partial charge in [0.25, 0.3) is 0 Å². The lowest BCUT2D eigenvalue weighted by Gasteiger charge is -2.29. The molecular formula is C14H21ClFNO. The van der Waals surface area contributed by atoms with Crippen molar-refractivity contribution in [2.24, 2.45) is 0 Å². The van der Waals surface area contributed by atoms with Gasteiger partial charge < -0.3 is 10.1 Å². The number of hydrogen-bond donors (Lipinski definition) is 1. The van der Waals surface area contributed by atoms with E-state index < -0.39 is 0 Å². The molecule has 102 valence electrons. The molecule has 1 atom stereocenters. The lowest BCUT2D eigenvalue weighted by Crippen LogP contribution is -2.41. The monoisotopic (exact) mass is 273 g/mol. The standard InChI is InChI=1S/C14H21ClFNO/c1-4-14(2,8-9-15)17-10-11-6-5-7-12(18-3)13(11)16/h5-7,17H,4,8-10H2,1-3H3. The Balaban J connectivity index is 2.73. The Hall–Kier alpha value is -0.800. The number of hydrogen-bond acceptors (Lipinski definition) is 2. The maximum Gasteiger partial charge on any atom is 0.169 e. The van der Waals surface area contributed by atoms with Crippen molar-refractivity contribution in [3.05, 3.63) is 29.6 Å². The summed E-state index contributed by atoms with van der Waals surface area (Å²) in [6.45, 7) is 4.68. The number of alkyl halides is 1. The molecule has 0 heterocycles. The van der Waals surface area contributed by atoms with Crippen LogP contribution in [0.2, 0.25) is 0 Å². The van der Waals surface area contributed by atoms with E-state index in [2.05, 4.69) is 19.2 Å². The largest absolute Gasteiger partial charge is 0.494 e. The Morgan fingerprint density at radius 3 is 2.72 bits per heavy atom. The van der Waals surface area contributed by atoms with Gasteiger partial charge in [-0.25, -0.2) is 4.39 Å². The van der Waals surface area contributed by atoms with Gasteiger partial charge in [0.15, 0.2) is 11.6 Å². The molecule has 0 aliphatic heterocycles. The van der Waals surface area contributed by atoms with Crippen LogP contribution in [0.3, 0.4) is 0 Å². The van der Waals surface area contributed by atoms with Crippen LogP contribution in [0.4, 0.5) is 4.39 Å². The molecule has 1 rings (SSSR count). The molecule has 0 saturated carbocycles. The maximum atomic E-state index is 13.9. The second kappa shape index (κ2) is 6.95. The molecule has 0 amide bonds. The summed E-state index contributed by atoms with van der Waals surface area (Å²) in [7, 11) is 1.47. The van der Waals surface area contributed by atoms with Crippen molar-refractivity contribution in [3.8, 4) is 5.75 Å². The summed E-state index contributed by atoms with van der Waals surface area (Å²) >= 11 is 5.79. The van der Waals surface area contributed by atoms with E-state index in [0.717, 1.165) is 12.8 Å². The van der Waals surface area contributed by atoms with Crippen LogP contribution >= 0.6 is 11.6 Å². The van der Waals surface area contributed by atoms with E-state index in [1.807, 2.05) is 0 Å². The lowest BCUT2D eigenvalue weighted by atomic mass is 9.95. The van der Waals surface area contributed by atoms with Crippen molar-refractivity contribution >= 4 is 11.6 Å². The lowest BCUT2D eigenvalue weighted by molar-refractivity contribution is 0.326. The van der Waals surface area contributed by atoms with Gasteiger partial charge in [-0.05, 0) is 25.8 Å². The Morgan fingerprint density at radius 2 is 2.17 bits per heavy atom. The highest BCUT2D eigenvalue weighted by atomic mass is 35.5. The minimum Gasteiger partial charge on any atom is -0.494 e. The van der Waals surface area contributed by atoms with Crippen LogP contribution in [0.1, 0.15) is 32.3 Å². The van der Waals surface area contributed by atoms with Gasteiger partial charge in [0.2, 0.25) is 0 Å². The fourth-order valence-corrected chi connectivity index (χ4v) is 2.17. The molecule has 1 aromatic rings. The molecule has 1 unspecified atom stereocenters. The highest BCUT2D eigenvalue weighted by Gasteiger charge is 2.21. The molecule has 1 aromatic carbocycles. The molecule has 1 N–H and O–H groups in total. The molecule has 0 radical (unpaired) electrons. The summed E-state index contributed by atoms with van der Waals surface area (Å²) in [6.07, 6.45) is 1.81. The first-order valence-electron chi connectivity index (χ1n) is 6.18. The van der Waals surface area contributed by atoms with Crippen LogP contribution < -0.4 is 10.1 Å². The summed E-state index contributed by atoms with van der Waals surface area (Å²) in [5.74, 6) is 0.583. The molecule has 18 heavy (non-hydrogen) atoms. The zero-order chi connectivity index (χ0) is 13.6. The molecule has 2 nitrogen and oxygen atoms in total. The van der Waals surface area contributed by atoms with Gasteiger partial charge in [0.1, 0.15) is 0 Å². The highest BCUT2D eigenvalue weighted by molar-refractivity contribution is 6.17. The first-order valence-corrected chi connectivity index (χ1v) is 6.72. The first-order chi connectivity index (χ1) is 8.56. The molecule has 4 heteroatoms. The van der Waals surface area contributed by atoms with Gasteiger partial charge in [0.05, 0.1) is 7.11 Å². The van der Waals surface area contributed by atoms with Crippen molar-refractivity contribution in [1.82, 2.24) is 5.32 Å². The summed E-state index contributed by atoms with van der Waals surface area (Å²) in [4.78, 5) is 0. The second-order valence-electron chi connectivity index (χ2n) is 4.64. The Morgan fingerprint density at radius 1 is 1.44 bits per heavy atom. The molecule has 0 aliphatic carbocycles. The number of rotatable bonds is 7. The molecule has 0 fully saturated rings. The van der Waals surface area contributed by atoms with Gasteiger partial charge in [-0.3, -0.25) is 0 Å². The Kier molecular flexibility index (Phi) is 5.89. The van der Waals surface area contributed by atoms with Crippen LogP contribution in [0.15, 0.2) is 18.2 Å². The fourth-order valence-electron chi connectivity index (χ4n) is 1.76. The molecule has 0 aromatic heterocycles.